The van der Waals surface area contributed by atoms with Crippen LogP contribution in [0, 0.1) is 6.92 Å². The number of ether oxygens (including phenoxy) is 2. The lowest BCUT2D eigenvalue weighted by molar-refractivity contribution is 0.222. The first kappa shape index (κ1) is 14.0. The van der Waals surface area contributed by atoms with Crippen molar-refractivity contribution < 1.29 is 9.47 Å². The third-order valence-electron chi connectivity index (χ3n) is 2.65. The Balaban J connectivity index is 2.44. The molecule has 0 aliphatic heterocycles. The summed E-state index contributed by atoms with van der Waals surface area (Å²) in [6.07, 6.45) is -0.0263. The minimum absolute atomic E-state index is 0.0263. The number of methoxy groups -OCH3 is 1. The molecule has 0 amide bonds. The molecule has 0 bridgehead atoms. The van der Waals surface area contributed by atoms with Gasteiger partial charge >= 0.3 is 6.01 Å². The van der Waals surface area contributed by atoms with Crippen LogP contribution in [0.15, 0.2) is 18.2 Å². The first-order valence-electron chi connectivity index (χ1n) is 6.33. The number of nitrogens with zero attached hydrogens (tertiary/aromatic N) is 3. The van der Waals surface area contributed by atoms with E-state index in [0.717, 1.165) is 16.9 Å². The van der Waals surface area contributed by atoms with Gasteiger partial charge in [0, 0.05) is 5.56 Å². The molecule has 20 heavy (non-hydrogen) atoms. The van der Waals surface area contributed by atoms with E-state index in [0.29, 0.717) is 5.82 Å². The van der Waals surface area contributed by atoms with Gasteiger partial charge in [0.05, 0.1) is 13.2 Å². The molecule has 6 nitrogen and oxygen atoms in total. The zero-order valence-electron chi connectivity index (χ0n) is 12.0. The Labute approximate surface area is 118 Å². The fourth-order valence-electron chi connectivity index (χ4n) is 1.77. The molecular formula is C14H18N4O2. The van der Waals surface area contributed by atoms with Crippen molar-refractivity contribution in [2.24, 2.45) is 0 Å². The van der Waals surface area contributed by atoms with Crippen molar-refractivity contribution in [2.75, 3.05) is 12.8 Å². The van der Waals surface area contributed by atoms with E-state index in [1.165, 1.54) is 0 Å². The number of hydrogen-bond donors (Lipinski definition) is 1. The van der Waals surface area contributed by atoms with Gasteiger partial charge in [0.15, 0.2) is 5.82 Å². The highest BCUT2D eigenvalue weighted by atomic mass is 16.5. The largest absolute Gasteiger partial charge is 0.497 e. The Kier molecular flexibility index (Phi) is 4.02. The quantitative estimate of drug-likeness (QED) is 0.920. The second-order valence-electron chi connectivity index (χ2n) is 4.65. The fourth-order valence-corrected chi connectivity index (χ4v) is 1.77. The lowest BCUT2D eigenvalue weighted by atomic mass is 10.1. The first-order valence-corrected chi connectivity index (χ1v) is 6.33. The first-order chi connectivity index (χ1) is 9.49. The molecule has 1 aromatic heterocycles. The van der Waals surface area contributed by atoms with Crippen LogP contribution < -0.4 is 15.2 Å². The average Bonchev–Trinajstić information content (AvgIpc) is 2.36. The number of hydrogen-bond acceptors (Lipinski definition) is 6. The zero-order chi connectivity index (χ0) is 14.7. The van der Waals surface area contributed by atoms with Crippen molar-refractivity contribution >= 4 is 5.95 Å². The van der Waals surface area contributed by atoms with Gasteiger partial charge < -0.3 is 15.2 Å². The molecule has 1 aromatic carbocycles. The molecule has 2 rings (SSSR count). The molecule has 0 aliphatic carbocycles. The minimum Gasteiger partial charge on any atom is -0.497 e. The molecule has 0 saturated heterocycles. The number of anilines is 1. The highest BCUT2D eigenvalue weighted by molar-refractivity contribution is 5.62. The van der Waals surface area contributed by atoms with Crippen LogP contribution in [0.25, 0.3) is 11.4 Å². The van der Waals surface area contributed by atoms with Gasteiger partial charge in [-0.25, -0.2) is 0 Å². The van der Waals surface area contributed by atoms with Gasteiger partial charge in [-0.05, 0) is 44.5 Å². The number of benzene rings is 1. The summed E-state index contributed by atoms with van der Waals surface area (Å²) in [5, 5.41) is 0. The van der Waals surface area contributed by atoms with E-state index in [2.05, 4.69) is 15.0 Å². The van der Waals surface area contributed by atoms with Crippen molar-refractivity contribution in [2.45, 2.75) is 26.9 Å². The van der Waals surface area contributed by atoms with Crippen LogP contribution in [0.3, 0.4) is 0 Å². The Morgan fingerprint density at radius 1 is 1.15 bits per heavy atom. The maximum absolute atomic E-state index is 5.71. The van der Waals surface area contributed by atoms with Crippen molar-refractivity contribution in [1.82, 2.24) is 15.0 Å². The molecule has 106 valence electrons. The topological polar surface area (TPSA) is 83.2 Å². The molecule has 6 heteroatoms. The number of rotatable bonds is 4. The van der Waals surface area contributed by atoms with E-state index in [9.17, 15) is 0 Å². The summed E-state index contributed by atoms with van der Waals surface area (Å²) in [6, 6.07) is 5.89. The Hall–Kier alpha value is -2.37. The zero-order valence-corrected chi connectivity index (χ0v) is 12.0. The number of aromatic nitrogens is 3. The smallest absolute Gasteiger partial charge is 0.322 e. The number of aryl methyl sites for hydroxylation is 1. The second-order valence-corrected chi connectivity index (χ2v) is 4.65. The fraction of sp³-hybridized carbons (Fsp3) is 0.357. The monoisotopic (exact) mass is 274 g/mol. The summed E-state index contributed by atoms with van der Waals surface area (Å²) in [7, 11) is 1.63. The van der Waals surface area contributed by atoms with Crippen LogP contribution in [0.1, 0.15) is 19.4 Å². The summed E-state index contributed by atoms with van der Waals surface area (Å²) in [6.45, 7) is 5.76. The normalized spacial score (nSPS) is 10.7. The second kappa shape index (κ2) is 5.73. The molecule has 0 spiro atoms. The third kappa shape index (κ3) is 3.14. The summed E-state index contributed by atoms with van der Waals surface area (Å²) >= 11 is 0. The van der Waals surface area contributed by atoms with Crippen molar-refractivity contribution in [3.05, 3.63) is 23.8 Å². The van der Waals surface area contributed by atoms with Crippen LogP contribution in [0.4, 0.5) is 5.95 Å². The van der Waals surface area contributed by atoms with E-state index in [1.54, 1.807) is 7.11 Å². The van der Waals surface area contributed by atoms with Crippen molar-refractivity contribution in [3.8, 4) is 23.1 Å². The van der Waals surface area contributed by atoms with Gasteiger partial charge in [-0.1, -0.05) is 0 Å². The predicted molar refractivity (Wildman–Crippen MR) is 76.7 cm³/mol. The lowest BCUT2D eigenvalue weighted by Gasteiger charge is -2.11. The molecule has 0 fully saturated rings. The summed E-state index contributed by atoms with van der Waals surface area (Å²) in [5.74, 6) is 1.42. The van der Waals surface area contributed by atoms with Gasteiger partial charge in [0.25, 0.3) is 0 Å². The standard InChI is InChI=1S/C14H18N4O2/c1-8(2)20-14-17-12(16-13(15)18-14)11-6-5-10(19-4)7-9(11)3/h5-8H,1-4H3,(H2,15,16,17,18). The average molecular weight is 274 g/mol. The van der Waals surface area contributed by atoms with Gasteiger partial charge in [0.1, 0.15) is 5.75 Å². The van der Waals surface area contributed by atoms with Crippen LogP contribution in [-0.2, 0) is 0 Å². The van der Waals surface area contributed by atoms with Gasteiger partial charge in [0.2, 0.25) is 5.95 Å². The SMILES string of the molecule is COc1ccc(-c2nc(N)nc(OC(C)C)n2)c(C)c1. The summed E-state index contributed by atoms with van der Waals surface area (Å²) in [5.41, 5.74) is 7.57. The van der Waals surface area contributed by atoms with Crippen LogP contribution in [0.5, 0.6) is 11.8 Å². The third-order valence-corrected chi connectivity index (χ3v) is 2.65. The molecule has 0 aliphatic rings. The summed E-state index contributed by atoms with van der Waals surface area (Å²) < 4.78 is 10.7. The predicted octanol–water partition coefficient (Wildman–Crippen LogP) is 2.23. The maximum atomic E-state index is 5.71. The van der Waals surface area contributed by atoms with Crippen LogP contribution >= 0.6 is 0 Å². The molecule has 0 saturated carbocycles. The highest BCUT2D eigenvalue weighted by Crippen LogP contribution is 2.25. The lowest BCUT2D eigenvalue weighted by Crippen LogP contribution is -2.11. The van der Waals surface area contributed by atoms with Crippen molar-refractivity contribution in [1.29, 1.82) is 0 Å². The van der Waals surface area contributed by atoms with Gasteiger partial charge in [-0.3, -0.25) is 0 Å². The van der Waals surface area contributed by atoms with E-state index in [1.807, 2.05) is 39.0 Å². The molecular weight excluding hydrogens is 256 g/mol. The number of nitrogens with two attached hydrogens (primary N) is 1. The maximum Gasteiger partial charge on any atom is 0.322 e. The highest BCUT2D eigenvalue weighted by Gasteiger charge is 2.11. The summed E-state index contributed by atoms with van der Waals surface area (Å²) in [4.78, 5) is 12.4. The van der Waals surface area contributed by atoms with Crippen LogP contribution in [-0.4, -0.2) is 28.2 Å². The molecule has 0 atom stereocenters. The van der Waals surface area contributed by atoms with E-state index in [4.69, 9.17) is 15.2 Å². The van der Waals surface area contributed by atoms with Gasteiger partial charge in [-0.15, -0.1) is 0 Å². The minimum atomic E-state index is -0.0263. The Morgan fingerprint density at radius 3 is 2.50 bits per heavy atom. The Bertz CT molecular complexity index is 614. The number of nitrogen functional groups attached to an aromatic ring is 1. The molecule has 2 N–H and O–H groups in total. The molecule has 0 radical (unpaired) electrons. The van der Waals surface area contributed by atoms with Gasteiger partial charge in [-0.2, -0.15) is 15.0 Å². The van der Waals surface area contributed by atoms with E-state index < -0.39 is 0 Å². The molecule has 0 unspecified atom stereocenters. The Morgan fingerprint density at radius 2 is 1.90 bits per heavy atom. The molecule has 2 aromatic rings. The van der Waals surface area contributed by atoms with Crippen LogP contribution in [0.2, 0.25) is 0 Å². The molecule has 1 heterocycles. The van der Waals surface area contributed by atoms with E-state index in [-0.39, 0.29) is 18.1 Å². The van der Waals surface area contributed by atoms with E-state index >= 15 is 0 Å². The van der Waals surface area contributed by atoms with Crippen molar-refractivity contribution in [3.63, 3.8) is 0 Å².